The second-order valence-electron chi connectivity index (χ2n) is 6.32. The number of aliphatic hydroxyl groups is 1. The van der Waals surface area contributed by atoms with Crippen molar-refractivity contribution in [2.75, 3.05) is 0 Å². The molecule has 1 nitrogen and oxygen atoms in total. The van der Waals surface area contributed by atoms with Crippen molar-refractivity contribution in [2.45, 2.75) is 82.1 Å². The van der Waals surface area contributed by atoms with Crippen LogP contribution in [0.2, 0.25) is 4.82 Å². The molecule has 2 rings (SSSR count). The van der Waals surface area contributed by atoms with Crippen LogP contribution in [-0.4, -0.2) is 26.2 Å². The first-order chi connectivity index (χ1) is 10.3. The summed E-state index contributed by atoms with van der Waals surface area (Å²) in [6, 6.07) is 9.24. The molecule has 0 bridgehead atoms. The Bertz CT molecular complexity index is 387. The first-order valence-corrected chi connectivity index (χ1v) is 10.6. The average molecular weight is 353 g/mol. The van der Waals surface area contributed by atoms with E-state index in [4.69, 9.17) is 0 Å². The van der Waals surface area contributed by atoms with Crippen molar-refractivity contribution in [3.8, 4) is 0 Å². The van der Waals surface area contributed by atoms with Crippen LogP contribution in [0.25, 0.3) is 0 Å². The van der Waals surface area contributed by atoms with Crippen molar-refractivity contribution in [1.82, 2.24) is 0 Å². The van der Waals surface area contributed by atoms with Gasteiger partial charge in [0.25, 0.3) is 0 Å². The fourth-order valence-electron chi connectivity index (χ4n) is 3.06. The summed E-state index contributed by atoms with van der Waals surface area (Å²) in [6.07, 6.45) is 12.7. The summed E-state index contributed by atoms with van der Waals surface area (Å²) in [7, 11) is 0. The van der Waals surface area contributed by atoms with Crippen LogP contribution < -0.4 is 4.46 Å². The minimum atomic E-state index is -0.0445. The zero-order valence-corrected chi connectivity index (χ0v) is 15.1. The Hall–Kier alpha value is -0.301. The molecule has 1 saturated carbocycles. The average Bonchev–Trinajstić information content (AvgIpc) is 2.51. The molecular formula is C19H30OSe. The first-order valence-electron chi connectivity index (χ1n) is 8.73. The van der Waals surface area contributed by atoms with Crippen LogP contribution in [0.4, 0.5) is 0 Å². The summed E-state index contributed by atoms with van der Waals surface area (Å²) in [5.74, 6) is 0. The molecule has 0 amide bonds. The van der Waals surface area contributed by atoms with E-state index < -0.39 is 0 Å². The standard InChI is InChI=1S/C19H30OSe/c1-2-3-4-5-6-9-16-12-14-17(15-13-16)21-19-11-8-7-10-18(19)20/h12-15,18-20H,2-11H2,1H3/t18-,19-/m0/s1. The maximum atomic E-state index is 10.1. The van der Waals surface area contributed by atoms with Gasteiger partial charge in [0, 0.05) is 0 Å². The second kappa shape index (κ2) is 9.66. The van der Waals surface area contributed by atoms with Gasteiger partial charge < -0.3 is 0 Å². The number of hydrogen-bond acceptors (Lipinski definition) is 1. The van der Waals surface area contributed by atoms with Crippen molar-refractivity contribution < 1.29 is 5.11 Å². The van der Waals surface area contributed by atoms with Crippen molar-refractivity contribution >= 4 is 19.4 Å². The molecule has 1 fully saturated rings. The van der Waals surface area contributed by atoms with Crippen molar-refractivity contribution in [1.29, 1.82) is 0 Å². The molecule has 2 heteroatoms. The van der Waals surface area contributed by atoms with E-state index in [1.54, 1.807) is 0 Å². The van der Waals surface area contributed by atoms with E-state index in [2.05, 4.69) is 31.2 Å². The van der Waals surface area contributed by atoms with Gasteiger partial charge in [0.2, 0.25) is 0 Å². The van der Waals surface area contributed by atoms with Gasteiger partial charge in [0.1, 0.15) is 0 Å². The van der Waals surface area contributed by atoms with E-state index in [0.29, 0.717) is 19.8 Å². The van der Waals surface area contributed by atoms with E-state index in [-0.39, 0.29) is 6.10 Å². The molecule has 1 aromatic carbocycles. The Morgan fingerprint density at radius 3 is 2.43 bits per heavy atom. The number of aryl methyl sites for hydroxylation is 1. The molecule has 0 heterocycles. The molecule has 2 atom stereocenters. The van der Waals surface area contributed by atoms with E-state index in [1.165, 1.54) is 67.8 Å². The Kier molecular flexibility index (Phi) is 7.85. The summed E-state index contributed by atoms with van der Waals surface area (Å²) in [6.45, 7) is 2.27. The summed E-state index contributed by atoms with van der Waals surface area (Å²) in [4.78, 5) is 0.547. The Morgan fingerprint density at radius 1 is 1.00 bits per heavy atom. The quantitative estimate of drug-likeness (QED) is 0.547. The van der Waals surface area contributed by atoms with Crippen LogP contribution in [0.3, 0.4) is 0 Å². The zero-order chi connectivity index (χ0) is 14.9. The number of hydrogen-bond donors (Lipinski definition) is 1. The van der Waals surface area contributed by atoms with Gasteiger partial charge in [-0.15, -0.1) is 0 Å². The van der Waals surface area contributed by atoms with Crippen LogP contribution in [0.15, 0.2) is 24.3 Å². The van der Waals surface area contributed by atoms with Gasteiger partial charge in [-0.1, -0.05) is 0 Å². The molecule has 0 unspecified atom stereocenters. The van der Waals surface area contributed by atoms with Gasteiger partial charge in [-0.3, -0.25) is 0 Å². The third kappa shape index (κ3) is 6.14. The van der Waals surface area contributed by atoms with E-state index >= 15 is 0 Å². The summed E-state index contributed by atoms with van der Waals surface area (Å²) in [5.41, 5.74) is 1.48. The molecule has 1 N–H and O–H groups in total. The SMILES string of the molecule is CCCCCCCc1ccc([Se][C@H]2CCCC[C@@H]2O)cc1. The van der Waals surface area contributed by atoms with Crippen LogP contribution in [0, 0.1) is 0 Å². The predicted octanol–water partition coefficient (Wildman–Crippen LogP) is 4.25. The number of benzene rings is 1. The monoisotopic (exact) mass is 354 g/mol. The normalized spacial score (nSPS) is 22.4. The van der Waals surface area contributed by atoms with E-state index in [0.717, 1.165) is 6.42 Å². The molecule has 21 heavy (non-hydrogen) atoms. The van der Waals surface area contributed by atoms with Crippen molar-refractivity contribution in [2.24, 2.45) is 0 Å². The van der Waals surface area contributed by atoms with Crippen molar-refractivity contribution in [3.05, 3.63) is 29.8 Å². The molecule has 118 valence electrons. The third-order valence-corrected chi connectivity index (χ3v) is 7.38. The molecule has 0 aromatic heterocycles. The molecule has 0 spiro atoms. The van der Waals surface area contributed by atoms with Gasteiger partial charge in [0.05, 0.1) is 0 Å². The zero-order valence-electron chi connectivity index (χ0n) is 13.4. The molecule has 0 aliphatic heterocycles. The minimum absolute atomic E-state index is 0.0445. The third-order valence-electron chi connectivity index (χ3n) is 4.45. The van der Waals surface area contributed by atoms with Gasteiger partial charge >= 0.3 is 136 Å². The van der Waals surface area contributed by atoms with Gasteiger partial charge in [-0.05, 0) is 0 Å². The van der Waals surface area contributed by atoms with Gasteiger partial charge in [-0.25, -0.2) is 0 Å². The summed E-state index contributed by atoms with van der Waals surface area (Å²) in [5, 5.41) is 10.1. The van der Waals surface area contributed by atoms with Gasteiger partial charge in [0.15, 0.2) is 0 Å². The first kappa shape index (κ1) is 17.1. The number of unbranched alkanes of at least 4 members (excludes halogenated alkanes) is 4. The number of aliphatic hydroxyl groups excluding tert-OH is 1. The maximum absolute atomic E-state index is 10.1. The van der Waals surface area contributed by atoms with Crippen LogP contribution in [0.1, 0.15) is 70.3 Å². The molecule has 1 aromatic rings. The molecule has 0 radical (unpaired) electrons. The van der Waals surface area contributed by atoms with Crippen LogP contribution >= 0.6 is 0 Å². The van der Waals surface area contributed by atoms with Crippen molar-refractivity contribution in [3.63, 3.8) is 0 Å². The van der Waals surface area contributed by atoms with Crippen LogP contribution in [-0.2, 0) is 6.42 Å². The second-order valence-corrected chi connectivity index (χ2v) is 9.07. The number of rotatable bonds is 8. The van der Waals surface area contributed by atoms with E-state index in [9.17, 15) is 5.11 Å². The fourth-order valence-corrected chi connectivity index (χ4v) is 5.62. The molecule has 1 aliphatic rings. The molecule has 0 saturated heterocycles. The topological polar surface area (TPSA) is 20.2 Å². The van der Waals surface area contributed by atoms with Crippen LogP contribution in [0.5, 0.6) is 0 Å². The summed E-state index contributed by atoms with van der Waals surface area (Å²) >= 11 is 0.444. The molecular weight excluding hydrogens is 323 g/mol. The Morgan fingerprint density at radius 2 is 1.71 bits per heavy atom. The summed E-state index contributed by atoms with van der Waals surface area (Å²) < 4.78 is 1.46. The Labute approximate surface area is 136 Å². The van der Waals surface area contributed by atoms with E-state index in [1.807, 2.05) is 0 Å². The predicted molar refractivity (Wildman–Crippen MR) is 92.5 cm³/mol. The molecule has 1 aliphatic carbocycles. The van der Waals surface area contributed by atoms with Gasteiger partial charge in [-0.2, -0.15) is 0 Å². The fraction of sp³-hybridized carbons (Fsp3) is 0.684. The Balaban J connectivity index is 1.73.